The molecule has 2 aliphatic carbocycles. The maximum atomic E-state index is 4.47. The maximum absolute atomic E-state index is 4.47. The lowest BCUT2D eigenvalue weighted by atomic mass is 9.50. The number of hydrogen-bond donors (Lipinski definition) is 0. The summed E-state index contributed by atoms with van der Waals surface area (Å²) in [6.07, 6.45) is 18.3. The minimum absolute atomic E-state index is 0.564. The fraction of sp³-hybridized carbons (Fsp3) is 0.760. The van der Waals surface area contributed by atoms with Crippen LogP contribution >= 0.6 is 0 Å². The van der Waals surface area contributed by atoms with Crippen molar-refractivity contribution in [2.24, 2.45) is 23.2 Å². The van der Waals surface area contributed by atoms with Gasteiger partial charge in [0.25, 0.3) is 0 Å². The van der Waals surface area contributed by atoms with Crippen LogP contribution in [0.5, 0.6) is 0 Å². The van der Waals surface area contributed by atoms with E-state index in [0.717, 1.165) is 17.8 Å². The molecule has 2 fully saturated rings. The van der Waals surface area contributed by atoms with Crippen molar-refractivity contribution >= 4 is 0 Å². The number of rotatable bonds is 6. The van der Waals surface area contributed by atoms with E-state index >= 15 is 0 Å². The molecule has 0 amide bonds. The van der Waals surface area contributed by atoms with Gasteiger partial charge in [0.15, 0.2) is 0 Å². The quantitative estimate of drug-likeness (QED) is 0.426. The minimum atomic E-state index is 0.564. The van der Waals surface area contributed by atoms with Crippen LogP contribution in [-0.4, -0.2) is 0 Å². The number of hydrogen-bond acceptors (Lipinski definition) is 0. The van der Waals surface area contributed by atoms with Gasteiger partial charge in [0.2, 0.25) is 0 Å². The van der Waals surface area contributed by atoms with Crippen LogP contribution in [0.15, 0.2) is 35.5 Å². The Morgan fingerprint density at radius 1 is 1.12 bits per heavy atom. The van der Waals surface area contributed by atoms with Gasteiger partial charge in [-0.2, -0.15) is 0 Å². The van der Waals surface area contributed by atoms with Gasteiger partial charge in [-0.3, -0.25) is 0 Å². The first kappa shape index (κ1) is 20.5. The Hall–Kier alpha value is -0.780. The van der Waals surface area contributed by atoms with E-state index in [2.05, 4.69) is 53.3 Å². The maximum Gasteiger partial charge on any atom is -0.0167 e. The first-order valence-corrected chi connectivity index (χ1v) is 10.8. The van der Waals surface area contributed by atoms with E-state index in [9.17, 15) is 0 Å². The molecule has 4 atom stereocenters. The van der Waals surface area contributed by atoms with Crippen molar-refractivity contribution in [3.05, 3.63) is 35.5 Å². The summed E-state index contributed by atoms with van der Waals surface area (Å²) in [7, 11) is 0. The fourth-order valence-electron chi connectivity index (χ4n) is 5.20. The standard InChI is InChI=1S/C25H42/c1-19(2)10-7-11-20(3)13-9-17-25(6)18-23-22(5)14-8-12-21(4)15-16-24(23)25/h10,13,21,23-24H,5,7-9,11-12,14-18H2,1-4,6H3/b20-13+/t21-,23-,24-,25-/m1/s1. The van der Waals surface area contributed by atoms with Crippen LogP contribution in [0.1, 0.15) is 98.8 Å². The van der Waals surface area contributed by atoms with Crippen LogP contribution in [0, 0.1) is 23.2 Å². The zero-order valence-electron chi connectivity index (χ0n) is 17.7. The smallest absolute Gasteiger partial charge is 0.0167 e. The second-order valence-electron chi connectivity index (χ2n) is 9.71. The molecule has 0 bridgehead atoms. The normalized spacial score (nSPS) is 33.6. The molecule has 0 spiro atoms. The molecule has 2 saturated carbocycles. The van der Waals surface area contributed by atoms with Gasteiger partial charge in [-0.1, -0.05) is 62.1 Å². The molecular formula is C25H42. The van der Waals surface area contributed by atoms with Gasteiger partial charge < -0.3 is 0 Å². The number of allylic oxidation sites excluding steroid dienone is 5. The van der Waals surface area contributed by atoms with E-state index in [4.69, 9.17) is 0 Å². The predicted octanol–water partition coefficient (Wildman–Crippen LogP) is 8.26. The summed E-state index contributed by atoms with van der Waals surface area (Å²) < 4.78 is 0. The van der Waals surface area contributed by atoms with Gasteiger partial charge in [-0.15, -0.1) is 0 Å². The average molecular weight is 343 g/mol. The van der Waals surface area contributed by atoms with Gasteiger partial charge in [-0.25, -0.2) is 0 Å². The summed E-state index contributed by atoms with van der Waals surface area (Å²) >= 11 is 0. The van der Waals surface area contributed by atoms with Crippen molar-refractivity contribution in [1.29, 1.82) is 0 Å². The van der Waals surface area contributed by atoms with E-state index in [1.807, 2.05) is 0 Å². The monoisotopic (exact) mass is 342 g/mol. The minimum Gasteiger partial charge on any atom is -0.0996 e. The molecule has 0 aliphatic heterocycles. The molecule has 25 heavy (non-hydrogen) atoms. The molecule has 142 valence electrons. The van der Waals surface area contributed by atoms with Crippen molar-refractivity contribution in [1.82, 2.24) is 0 Å². The summed E-state index contributed by atoms with van der Waals surface area (Å²) in [4.78, 5) is 0. The molecule has 0 aromatic heterocycles. The van der Waals surface area contributed by atoms with E-state index in [-0.39, 0.29) is 0 Å². The third-order valence-electron chi connectivity index (χ3n) is 7.06. The van der Waals surface area contributed by atoms with Crippen LogP contribution in [-0.2, 0) is 0 Å². The van der Waals surface area contributed by atoms with Crippen LogP contribution in [0.2, 0.25) is 0 Å². The van der Waals surface area contributed by atoms with Gasteiger partial charge in [0.1, 0.15) is 0 Å². The van der Waals surface area contributed by atoms with Crippen molar-refractivity contribution in [3.63, 3.8) is 0 Å². The third-order valence-corrected chi connectivity index (χ3v) is 7.06. The molecule has 0 unspecified atom stereocenters. The molecule has 0 saturated heterocycles. The van der Waals surface area contributed by atoms with Gasteiger partial charge in [0, 0.05) is 0 Å². The summed E-state index contributed by atoms with van der Waals surface area (Å²) in [5, 5.41) is 0. The Morgan fingerprint density at radius 2 is 1.88 bits per heavy atom. The second-order valence-corrected chi connectivity index (χ2v) is 9.71. The Balaban J connectivity index is 1.86. The highest BCUT2D eigenvalue weighted by atomic mass is 14.5. The molecule has 0 N–H and O–H groups in total. The van der Waals surface area contributed by atoms with E-state index in [0.29, 0.717) is 5.41 Å². The summed E-state index contributed by atoms with van der Waals surface area (Å²) in [6.45, 7) is 16.2. The average Bonchev–Trinajstić information content (AvgIpc) is 2.57. The molecule has 0 nitrogen and oxygen atoms in total. The van der Waals surface area contributed by atoms with Crippen LogP contribution in [0.25, 0.3) is 0 Å². The highest BCUT2D eigenvalue weighted by Crippen LogP contribution is 2.59. The topological polar surface area (TPSA) is 0 Å². The lowest BCUT2D eigenvalue weighted by Crippen LogP contribution is -2.46. The molecule has 0 aromatic carbocycles. The third kappa shape index (κ3) is 5.87. The molecule has 0 radical (unpaired) electrons. The lowest BCUT2D eigenvalue weighted by molar-refractivity contribution is -0.0230. The van der Waals surface area contributed by atoms with E-state index in [1.165, 1.54) is 69.8 Å². The first-order valence-electron chi connectivity index (χ1n) is 10.8. The molecular weight excluding hydrogens is 300 g/mol. The molecule has 2 rings (SSSR count). The summed E-state index contributed by atoms with van der Waals surface area (Å²) in [6, 6.07) is 0. The first-order chi connectivity index (χ1) is 11.8. The fourth-order valence-corrected chi connectivity index (χ4v) is 5.20. The van der Waals surface area contributed by atoms with Gasteiger partial charge in [-0.05, 0) is 95.3 Å². The molecule has 0 aromatic rings. The summed E-state index contributed by atoms with van der Waals surface area (Å²) in [5.41, 5.74) is 5.15. The van der Waals surface area contributed by atoms with Crippen LogP contribution in [0.4, 0.5) is 0 Å². The zero-order valence-corrected chi connectivity index (χ0v) is 17.7. The van der Waals surface area contributed by atoms with E-state index in [1.54, 1.807) is 11.1 Å². The summed E-state index contributed by atoms with van der Waals surface area (Å²) in [5.74, 6) is 2.64. The van der Waals surface area contributed by atoms with Crippen molar-refractivity contribution in [2.45, 2.75) is 98.8 Å². The zero-order chi connectivity index (χ0) is 18.4. The number of fused-ring (bicyclic) bond motifs is 1. The largest absolute Gasteiger partial charge is 0.0996 e. The Bertz CT molecular complexity index is 502. The van der Waals surface area contributed by atoms with Crippen molar-refractivity contribution in [2.75, 3.05) is 0 Å². The van der Waals surface area contributed by atoms with Crippen molar-refractivity contribution < 1.29 is 0 Å². The van der Waals surface area contributed by atoms with Crippen LogP contribution < -0.4 is 0 Å². The SMILES string of the molecule is C=C1CCC[C@@H](C)CC[C@@H]2[C@@H]1C[C@@]2(C)CC/C=C(\C)CCC=C(C)C. The highest BCUT2D eigenvalue weighted by Gasteiger charge is 2.50. The Kier molecular flexibility index (Phi) is 7.59. The highest BCUT2D eigenvalue weighted by molar-refractivity contribution is 5.15. The molecule has 2 aliphatic rings. The lowest BCUT2D eigenvalue weighted by Gasteiger charge is -2.55. The van der Waals surface area contributed by atoms with Crippen LogP contribution in [0.3, 0.4) is 0 Å². The second kappa shape index (κ2) is 9.24. The van der Waals surface area contributed by atoms with Crippen molar-refractivity contribution in [3.8, 4) is 0 Å². The van der Waals surface area contributed by atoms with Gasteiger partial charge in [0.05, 0.1) is 0 Å². The van der Waals surface area contributed by atoms with E-state index < -0.39 is 0 Å². The molecule has 0 heterocycles. The Morgan fingerprint density at radius 3 is 2.60 bits per heavy atom. The van der Waals surface area contributed by atoms with Gasteiger partial charge >= 0.3 is 0 Å². The molecule has 0 heteroatoms. The Labute approximate surface area is 157 Å². The predicted molar refractivity (Wildman–Crippen MR) is 113 cm³/mol.